The lowest BCUT2D eigenvalue weighted by Crippen LogP contribution is -2.29. The predicted molar refractivity (Wildman–Crippen MR) is 128 cm³/mol. The average molecular weight is 465 g/mol. The highest BCUT2D eigenvalue weighted by atomic mass is 16.7. The van der Waals surface area contributed by atoms with Gasteiger partial charge in [0.05, 0.1) is 17.8 Å². The van der Waals surface area contributed by atoms with Gasteiger partial charge < -0.3 is 25.0 Å². The van der Waals surface area contributed by atoms with Crippen molar-refractivity contribution in [3.8, 4) is 5.75 Å². The second-order valence-electron chi connectivity index (χ2n) is 8.18. The smallest absolute Gasteiger partial charge is 0.290 e. The zero-order chi connectivity index (χ0) is 24.1. The first-order chi connectivity index (χ1) is 16.5. The second kappa shape index (κ2) is 10.5. The number of aliphatic hydroxyl groups excluding tert-OH is 1. The third kappa shape index (κ3) is 5.13. The molecule has 0 fully saturated rings. The van der Waals surface area contributed by atoms with E-state index in [2.05, 4.69) is 5.32 Å². The highest BCUT2D eigenvalue weighted by Crippen LogP contribution is 2.37. The standard InChI is InChI=1S/C26H28N2O6/c1-17(30)28-16-20(19-8-2-4-10-22(19)28)18-14-24(34-25(15-18)33-13-7-6-12-29)26(32)27-21-9-3-5-11-23(21)31/h2-5,8-11,14,16,18,25,29,31H,6-7,12-13,15H2,1H3,(H,27,32)/t18-,25+/m1/s1. The molecule has 8 heteroatoms. The van der Waals surface area contributed by atoms with Gasteiger partial charge in [-0.25, -0.2) is 0 Å². The second-order valence-corrected chi connectivity index (χ2v) is 8.18. The molecule has 2 heterocycles. The fourth-order valence-electron chi connectivity index (χ4n) is 4.09. The van der Waals surface area contributed by atoms with E-state index in [-0.39, 0.29) is 35.6 Å². The molecule has 0 unspecified atom stereocenters. The number of amides is 1. The Hall–Kier alpha value is -3.62. The number of allylic oxidation sites excluding steroid dienone is 1. The fraction of sp³-hybridized carbons (Fsp3) is 0.308. The molecule has 34 heavy (non-hydrogen) atoms. The molecule has 1 amide bonds. The van der Waals surface area contributed by atoms with Crippen molar-refractivity contribution in [2.45, 2.75) is 38.4 Å². The average Bonchev–Trinajstić information content (AvgIpc) is 3.23. The lowest BCUT2D eigenvalue weighted by atomic mass is 9.92. The summed E-state index contributed by atoms with van der Waals surface area (Å²) in [6.45, 7) is 1.96. The summed E-state index contributed by atoms with van der Waals surface area (Å²) < 4.78 is 13.4. The lowest BCUT2D eigenvalue weighted by Gasteiger charge is -2.29. The Bertz CT molecular complexity index is 1210. The van der Waals surface area contributed by atoms with Gasteiger partial charge >= 0.3 is 0 Å². The minimum Gasteiger partial charge on any atom is -0.506 e. The van der Waals surface area contributed by atoms with E-state index in [0.717, 1.165) is 16.5 Å². The van der Waals surface area contributed by atoms with E-state index in [4.69, 9.17) is 14.6 Å². The normalized spacial score (nSPS) is 17.8. The number of anilines is 1. The number of aromatic hydroxyl groups is 1. The van der Waals surface area contributed by atoms with Crippen LogP contribution in [0.2, 0.25) is 0 Å². The number of hydrogen-bond acceptors (Lipinski definition) is 6. The van der Waals surface area contributed by atoms with Crippen LogP contribution in [-0.2, 0) is 14.3 Å². The van der Waals surface area contributed by atoms with Crippen molar-refractivity contribution in [2.24, 2.45) is 0 Å². The number of phenols is 1. The lowest BCUT2D eigenvalue weighted by molar-refractivity contribution is -0.143. The van der Waals surface area contributed by atoms with E-state index < -0.39 is 12.2 Å². The molecule has 4 rings (SSSR count). The molecule has 8 nitrogen and oxygen atoms in total. The van der Waals surface area contributed by atoms with Crippen LogP contribution >= 0.6 is 0 Å². The van der Waals surface area contributed by atoms with Gasteiger partial charge in [-0.2, -0.15) is 0 Å². The van der Waals surface area contributed by atoms with Crippen LogP contribution in [-0.4, -0.2) is 46.1 Å². The Labute approximate surface area is 197 Å². The Balaban J connectivity index is 1.66. The molecule has 3 N–H and O–H groups in total. The van der Waals surface area contributed by atoms with Crippen LogP contribution in [0.25, 0.3) is 10.9 Å². The summed E-state index contributed by atoms with van der Waals surface area (Å²) in [6, 6.07) is 14.1. The number of hydrogen-bond donors (Lipinski definition) is 3. The van der Waals surface area contributed by atoms with E-state index in [0.29, 0.717) is 25.9 Å². The number of ether oxygens (including phenoxy) is 2. The number of unbranched alkanes of at least 4 members (excludes halogenated alkanes) is 1. The third-order valence-corrected chi connectivity index (χ3v) is 5.77. The predicted octanol–water partition coefficient (Wildman–Crippen LogP) is 4.15. The number of rotatable bonds is 8. The van der Waals surface area contributed by atoms with Gasteiger partial charge in [0, 0.05) is 37.5 Å². The number of carbonyl (C=O) groups excluding carboxylic acids is 2. The molecule has 178 valence electrons. The number of para-hydroxylation sites is 3. The molecule has 0 saturated heterocycles. The Morgan fingerprint density at radius 3 is 2.68 bits per heavy atom. The molecule has 0 bridgehead atoms. The number of nitrogens with zero attached hydrogens (tertiary/aromatic N) is 1. The summed E-state index contributed by atoms with van der Waals surface area (Å²) in [5.41, 5.74) is 1.96. The van der Waals surface area contributed by atoms with Crippen LogP contribution in [0.3, 0.4) is 0 Å². The summed E-state index contributed by atoms with van der Waals surface area (Å²) >= 11 is 0. The SMILES string of the molecule is CC(=O)n1cc([C@@H]2C=C(C(=O)Nc3ccccc3O)O[C@H](OCCCCO)C2)c2ccccc21. The quantitative estimate of drug-likeness (QED) is 0.341. The maximum atomic E-state index is 13.0. The van der Waals surface area contributed by atoms with Crippen molar-refractivity contribution < 1.29 is 29.3 Å². The maximum Gasteiger partial charge on any atom is 0.290 e. The molecule has 2 aromatic carbocycles. The van der Waals surface area contributed by atoms with Gasteiger partial charge in [0.1, 0.15) is 5.75 Å². The van der Waals surface area contributed by atoms with E-state index in [9.17, 15) is 14.7 Å². The first-order valence-electron chi connectivity index (χ1n) is 11.3. The van der Waals surface area contributed by atoms with Crippen molar-refractivity contribution in [2.75, 3.05) is 18.5 Å². The van der Waals surface area contributed by atoms with Gasteiger partial charge in [-0.1, -0.05) is 30.3 Å². The Kier molecular flexibility index (Phi) is 7.30. The molecule has 0 aliphatic carbocycles. The first-order valence-corrected chi connectivity index (χ1v) is 11.3. The third-order valence-electron chi connectivity index (χ3n) is 5.77. The number of aliphatic hydroxyl groups is 1. The zero-order valence-corrected chi connectivity index (χ0v) is 18.9. The molecule has 1 aliphatic heterocycles. The number of fused-ring (bicyclic) bond motifs is 1. The van der Waals surface area contributed by atoms with Crippen molar-refractivity contribution in [3.05, 3.63) is 72.1 Å². The van der Waals surface area contributed by atoms with E-state index in [1.54, 1.807) is 35.0 Å². The highest BCUT2D eigenvalue weighted by Gasteiger charge is 2.31. The molecular formula is C26H28N2O6. The number of nitrogens with one attached hydrogen (secondary N) is 1. The van der Waals surface area contributed by atoms with Crippen LogP contribution in [0.5, 0.6) is 5.75 Å². The first kappa shape index (κ1) is 23.5. The topological polar surface area (TPSA) is 110 Å². The Morgan fingerprint density at radius 2 is 1.91 bits per heavy atom. The van der Waals surface area contributed by atoms with Crippen molar-refractivity contribution >= 4 is 28.4 Å². The molecule has 1 aliphatic rings. The van der Waals surface area contributed by atoms with Crippen molar-refractivity contribution in [1.29, 1.82) is 0 Å². The minimum absolute atomic E-state index is 0.0508. The summed E-state index contributed by atoms with van der Waals surface area (Å²) in [4.78, 5) is 25.3. The van der Waals surface area contributed by atoms with Crippen molar-refractivity contribution in [3.63, 3.8) is 0 Å². The summed E-state index contributed by atoms with van der Waals surface area (Å²) in [6.07, 6.45) is 4.58. The summed E-state index contributed by atoms with van der Waals surface area (Å²) in [5, 5.41) is 22.6. The largest absolute Gasteiger partial charge is 0.506 e. The zero-order valence-electron chi connectivity index (χ0n) is 18.9. The van der Waals surface area contributed by atoms with Gasteiger partial charge in [-0.05, 0) is 42.7 Å². The summed E-state index contributed by atoms with van der Waals surface area (Å²) in [7, 11) is 0. The number of benzene rings is 2. The van der Waals surface area contributed by atoms with E-state index in [1.165, 1.54) is 13.0 Å². The highest BCUT2D eigenvalue weighted by molar-refractivity contribution is 6.03. The van der Waals surface area contributed by atoms with E-state index >= 15 is 0 Å². The monoisotopic (exact) mass is 464 g/mol. The van der Waals surface area contributed by atoms with Crippen LogP contribution < -0.4 is 5.32 Å². The van der Waals surface area contributed by atoms with Gasteiger partial charge in [0.25, 0.3) is 5.91 Å². The van der Waals surface area contributed by atoms with Crippen LogP contribution in [0.1, 0.15) is 42.5 Å². The number of phenolic OH excluding ortho intramolecular Hbond substituents is 1. The molecule has 2 atom stereocenters. The van der Waals surface area contributed by atoms with Gasteiger partial charge in [-0.15, -0.1) is 0 Å². The van der Waals surface area contributed by atoms with E-state index in [1.807, 2.05) is 24.3 Å². The number of aromatic nitrogens is 1. The maximum absolute atomic E-state index is 13.0. The Morgan fingerprint density at radius 1 is 1.15 bits per heavy atom. The molecule has 0 spiro atoms. The molecule has 3 aromatic rings. The van der Waals surface area contributed by atoms with Gasteiger partial charge in [0.15, 0.2) is 5.76 Å². The van der Waals surface area contributed by atoms with Crippen LogP contribution in [0.15, 0.2) is 66.6 Å². The molecule has 0 saturated carbocycles. The minimum atomic E-state index is -0.682. The van der Waals surface area contributed by atoms with Gasteiger partial charge in [-0.3, -0.25) is 14.2 Å². The summed E-state index contributed by atoms with van der Waals surface area (Å²) in [5.74, 6) is -0.832. The van der Waals surface area contributed by atoms with Gasteiger partial charge in [0.2, 0.25) is 12.2 Å². The number of carbonyl (C=O) groups is 2. The fourth-order valence-corrected chi connectivity index (χ4v) is 4.09. The molecular weight excluding hydrogens is 436 g/mol. The van der Waals surface area contributed by atoms with Crippen molar-refractivity contribution in [1.82, 2.24) is 4.57 Å². The van der Waals surface area contributed by atoms with Crippen LogP contribution in [0, 0.1) is 0 Å². The molecule has 0 radical (unpaired) electrons. The molecule has 1 aromatic heterocycles. The van der Waals surface area contributed by atoms with Crippen LogP contribution in [0.4, 0.5) is 5.69 Å².